The van der Waals surface area contributed by atoms with Crippen LogP contribution in [-0.2, 0) is 26.8 Å². The van der Waals surface area contributed by atoms with Gasteiger partial charge in [0.1, 0.15) is 0 Å². The molecule has 0 aromatic heterocycles. The molecule has 14 nitrogen and oxygen atoms in total. The summed E-state index contributed by atoms with van der Waals surface area (Å²) in [7, 11) is -17.2. The van der Waals surface area contributed by atoms with E-state index in [9.17, 15) is 33.3 Å². The molecular formula is C5H25N4O10P3. The molecule has 140 valence electrons. The minimum atomic E-state index is -5.94. The van der Waals surface area contributed by atoms with Gasteiger partial charge in [-0.15, -0.1) is 0 Å². The fourth-order valence-corrected chi connectivity index (χ4v) is 3.37. The molecule has 16 N–H and O–H groups in total. The normalized spacial score (nSPS) is 15.4. The monoisotopic (exact) mass is 394 g/mol. The molecule has 0 amide bonds. The summed E-state index contributed by atoms with van der Waals surface area (Å²) in [5.74, 6) is 0. The minimum absolute atomic E-state index is 0. The third kappa shape index (κ3) is 20.0. The van der Waals surface area contributed by atoms with Gasteiger partial charge in [0.15, 0.2) is 0 Å². The zero-order chi connectivity index (χ0) is 14.6. The smallest absolute Gasteiger partial charge is 0.278 e. The van der Waals surface area contributed by atoms with E-state index >= 15 is 0 Å². The minimum Gasteiger partial charge on any atom is -0.790 e. The van der Waals surface area contributed by atoms with Crippen LogP contribution in [0.2, 0.25) is 0 Å². The van der Waals surface area contributed by atoms with Gasteiger partial charge in [-0.25, -0.2) is 4.31 Å². The molecule has 2 atom stereocenters. The molecule has 0 aliphatic rings. The van der Waals surface area contributed by atoms with Crippen LogP contribution >= 0.6 is 23.5 Å². The molecule has 22 heavy (non-hydrogen) atoms. The Morgan fingerprint density at radius 2 is 1.27 bits per heavy atom. The first kappa shape index (κ1) is 33.6. The van der Waals surface area contributed by atoms with Crippen molar-refractivity contribution in [1.82, 2.24) is 24.6 Å². The summed E-state index contributed by atoms with van der Waals surface area (Å²) in [6, 6.07) is 0. The number of phosphoric ester groups is 1. The molecule has 0 aromatic carbocycles. The Labute approximate surface area is 127 Å². The van der Waals surface area contributed by atoms with Gasteiger partial charge in [-0.1, -0.05) is 11.6 Å². The molecule has 0 fully saturated rings. The van der Waals surface area contributed by atoms with Crippen molar-refractivity contribution in [2.45, 2.75) is 13.8 Å². The Kier molecular flexibility index (Phi) is 18.9. The van der Waals surface area contributed by atoms with Crippen LogP contribution in [-0.4, -0.2) is 6.61 Å². The average molecular weight is 394 g/mol. The summed E-state index contributed by atoms with van der Waals surface area (Å²) in [5, 5.41) is 0. The summed E-state index contributed by atoms with van der Waals surface area (Å²) in [5.41, 5.74) is 0.681. The van der Waals surface area contributed by atoms with Gasteiger partial charge >= 0.3 is 0 Å². The van der Waals surface area contributed by atoms with E-state index in [0.717, 1.165) is 0 Å². The SMILES string of the molecule is CC(C)=CCOP(=O)([O-])OP(=O)([O-])OP(=O)([O-])[O-].[NH4+].[NH4+].[NH4+].[NH4+]. The molecular weight excluding hydrogens is 369 g/mol. The van der Waals surface area contributed by atoms with E-state index in [1.807, 2.05) is 0 Å². The number of hydrogen-bond donors (Lipinski definition) is 4. The largest absolute Gasteiger partial charge is 0.790 e. The Morgan fingerprint density at radius 1 is 0.864 bits per heavy atom. The van der Waals surface area contributed by atoms with Gasteiger partial charge in [0.05, 0.1) is 14.4 Å². The lowest BCUT2D eigenvalue weighted by molar-refractivity contribution is -0.339. The van der Waals surface area contributed by atoms with Crippen molar-refractivity contribution in [2.24, 2.45) is 0 Å². The lowest BCUT2D eigenvalue weighted by Crippen LogP contribution is -2.20. The third-order valence-corrected chi connectivity index (χ3v) is 4.79. The summed E-state index contributed by atoms with van der Waals surface area (Å²) in [6.45, 7) is 2.72. The van der Waals surface area contributed by atoms with E-state index < -0.39 is 30.1 Å². The van der Waals surface area contributed by atoms with Gasteiger partial charge in [0.2, 0.25) is 0 Å². The van der Waals surface area contributed by atoms with Crippen LogP contribution in [0, 0.1) is 0 Å². The summed E-state index contributed by atoms with van der Waals surface area (Å²) in [4.78, 5) is 41.6. The highest BCUT2D eigenvalue weighted by Crippen LogP contribution is 2.60. The highest BCUT2D eigenvalue weighted by Gasteiger charge is 2.20. The Balaban J connectivity index is -0.000000241. The standard InChI is InChI=1S/C5H13O10P3.4H3N/c1-5(2)3-4-13-17(9,10)15-18(11,12)14-16(6,7)8;;;;/h3H,4H2,1-2H3,(H,9,10)(H,11,12)(H2,6,7,8);4*1H3. The molecule has 0 aromatic rings. The Bertz CT molecular complexity index is 459. The summed E-state index contributed by atoms with van der Waals surface area (Å²) in [6.07, 6.45) is 1.29. The number of hydrogen-bond acceptors (Lipinski definition) is 10. The predicted octanol–water partition coefficient (Wildman–Crippen LogP) is 0.273. The first-order valence-electron chi connectivity index (χ1n) is 4.18. The fourth-order valence-electron chi connectivity index (χ4n) is 0.579. The van der Waals surface area contributed by atoms with Gasteiger partial charge in [-0.2, -0.15) is 0 Å². The Morgan fingerprint density at radius 3 is 1.59 bits per heavy atom. The van der Waals surface area contributed by atoms with Gasteiger partial charge in [-0.05, 0) is 13.8 Å². The van der Waals surface area contributed by atoms with Crippen LogP contribution in [0.5, 0.6) is 0 Å². The molecule has 17 heteroatoms. The second kappa shape index (κ2) is 12.4. The van der Waals surface area contributed by atoms with Crippen molar-refractivity contribution >= 4 is 23.5 Å². The molecule has 0 aliphatic carbocycles. The number of rotatable bonds is 7. The molecule has 2 unspecified atom stereocenters. The maximum Gasteiger partial charge on any atom is 0.278 e. The Hall–Kier alpha value is -0.0100. The molecule has 0 saturated carbocycles. The zero-order valence-corrected chi connectivity index (χ0v) is 15.9. The van der Waals surface area contributed by atoms with Gasteiger partial charge in [0, 0.05) is 0 Å². The second-order valence-electron chi connectivity index (χ2n) is 3.08. The quantitative estimate of drug-likeness (QED) is 0.337. The van der Waals surface area contributed by atoms with E-state index in [1.165, 1.54) is 6.08 Å². The van der Waals surface area contributed by atoms with Crippen molar-refractivity contribution in [3.63, 3.8) is 0 Å². The maximum atomic E-state index is 10.9. The van der Waals surface area contributed by atoms with Gasteiger partial charge < -0.3 is 53.3 Å². The highest BCUT2D eigenvalue weighted by atomic mass is 31.3. The lowest BCUT2D eigenvalue weighted by Gasteiger charge is -2.37. The molecule has 0 bridgehead atoms. The first-order chi connectivity index (χ1) is 7.83. The van der Waals surface area contributed by atoms with Gasteiger partial charge in [0.25, 0.3) is 15.6 Å². The van der Waals surface area contributed by atoms with Crippen molar-refractivity contribution in [3.8, 4) is 0 Å². The summed E-state index contributed by atoms with van der Waals surface area (Å²) < 4.78 is 41.9. The molecule has 0 rings (SSSR count). The van der Waals surface area contributed by atoms with E-state index in [0.29, 0.717) is 5.57 Å². The van der Waals surface area contributed by atoms with Crippen LogP contribution in [0.1, 0.15) is 13.8 Å². The van der Waals surface area contributed by atoms with E-state index in [1.54, 1.807) is 13.8 Å². The van der Waals surface area contributed by atoms with Crippen LogP contribution < -0.4 is 44.2 Å². The van der Waals surface area contributed by atoms with Crippen molar-refractivity contribution in [3.05, 3.63) is 11.6 Å². The lowest BCUT2D eigenvalue weighted by atomic mass is 10.3. The zero-order valence-electron chi connectivity index (χ0n) is 13.2. The van der Waals surface area contributed by atoms with E-state index in [2.05, 4.69) is 13.1 Å². The molecule has 0 spiro atoms. The van der Waals surface area contributed by atoms with Crippen LogP contribution in [0.15, 0.2) is 11.6 Å². The van der Waals surface area contributed by atoms with Gasteiger partial charge in [-0.3, -0.25) is 13.4 Å². The fraction of sp³-hybridized carbons (Fsp3) is 0.600. The predicted molar refractivity (Wildman–Crippen MR) is 74.3 cm³/mol. The van der Waals surface area contributed by atoms with Crippen molar-refractivity contribution in [2.75, 3.05) is 6.61 Å². The maximum absolute atomic E-state index is 10.9. The van der Waals surface area contributed by atoms with E-state index in [4.69, 9.17) is 0 Å². The molecule has 0 radical (unpaired) electrons. The van der Waals surface area contributed by atoms with Crippen LogP contribution in [0.25, 0.3) is 0 Å². The second-order valence-corrected chi connectivity index (χ2v) is 7.33. The van der Waals surface area contributed by atoms with E-state index in [-0.39, 0.29) is 24.6 Å². The summed E-state index contributed by atoms with van der Waals surface area (Å²) >= 11 is 0. The molecule has 0 heterocycles. The highest BCUT2D eigenvalue weighted by molar-refractivity contribution is 7.64. The topological polar surface area (TPSA) is 317 Å². The molecule has 0 saturated heterocycles. The average Bonchev–Trinajstić information content (AvgIpc) is 1.93. The number of allylic oxidation sites excluding steroid dienone is 1. The first-order valence-corrected chi connectivity index (χ1v) is 8.56. The molecule has 0 aliphatic heterocycles. The third-order valence-electron chi connectivity index (χ3n) is 1.12. The number of quaternary nitrogens is 4. The number of phosphoric acid groups is 3. The van der Waals surface area contributed by atoms with Crippen molar-refractivity contribution < 1.29 is 46.4 Å². The van der Waals surface area contributed by atoms with Crippen LogP contribution in [0.4, 0.5) is 0 Å². The van der Waals surface area contributed by atoms with Crippen molar-refractivity contribution in [1.29, 1.82) is 0 Å². The van der Waals surface area contributed by atoms with Crippen LogP contribution in [0.3, 0.4) is 0 Å².